The second-order valence-electron chi connectivity index (χ2n) is 6.54. The van der Waals surface area contributed by atoms with Gasteiger partial charge in [-0.3, -0.25) is 9.69 Å². The Hall–Kier alpha value is -2.33. The van der Waals surface area contributed by atoms with Gasteiger partial charge in [0.2, 0.25) is 0 Å². The number of phenolic OH excluding ortho intramolecular Hbond substituents is 1. The molecule has 0 unspecified atom stereocenters. The number of rotatable bonds is 4. The molecular weight excluding hydrogens is 300 g/mol. The maximum absolute atomic E-state index is 12.5. The van der Waals surface area contributed by atoms with Gasteiger partial charge in [0, 0.05) is 49.0 Å². The number of anilines is 1. The van der Waals surface area contributed by atoms with E-state index >= 15 is 0 Å². The number of hydrogen-bond acceptors (Lipinski definition) is 4. The molecule has 2 aromatic rings. The van der Waals surface area contributed by atoms with Gasteiger partial charge < -0.3 is 10.0 Å². The number of aromatic hydroxyl groups is 1. The zero-order valence-electron chi connectivity index (χ0n) is 14.3. The molecule has 4 nitrogen and oxygen atoms in total. The van der Waals surface area contributed by atoms with Crippen molar-refractivity contribution in [1.82, 2.24) is 4.90 Å². The second kappa shape index (κ2) is 7.05. The van der Waals surface area contributed by atoms with Crippen molar-refractivity contribution in [3.63, 3.8) is 0 Å². The highest BCUT2D eigenvalue weighted by Gasteiger charge is 2.19. The van der Waals surface area contributed by atoms with Crippen molar-refractivity contribution in [2.45, 2.75) is 19.9 Å². The monoisotopic (exact) mass is 324 g/mol. The van der Waals surface area contributed by atoms with Crippen LogP contribution in [0.4, 0.5) is 5.69 Å². The lowest BCUT2D eigenvalue weighted by atomic mass is 10.0. The smallest absolute Gasteiger partial charge is 0.193 e. The molecular formula is C20H24N2O2. The molecule has 1 N–H and O–H groups in total. The molecule has 4 heteroatoms. The van der Waals surface area contributed by atoms with Gasteiger partial charge in [-0.05, 0) is 62.4 Å². The Morgan fingerprint density at radius 1 is 0.875 bits per heavy atom. The number of carbonyl (C=O) groups excluding carboxylic acids is 1. The third kappa shape index (κ3) is 3.60. The molecule has 1 aliphatic heterocycles. The van der Waals surface area contributed by atoms with E-state index < -0.39 is 0 Å². The highest BCUT2D eigenvalue weighted by molar-refractivity contribution is 6.09. The summed E-state index contributed by atoms with van der Waals surface area (Å²) in [6, 6.07) is 14.8. The average Bonchev–Trinajstić information content (AvgIpc) is 2.62. The third-order valence-corrected chi connectivity index (χ3v) is 4.67. The summed E-state index contributed by atoms with van der Waals surface area (Å²) in [6.07, 6.45) is 0. The van der Waals surface area contributed by atoms with Gasteiger partial charge in [0.1, 0.15) is 5.75 Å². The standard InChI is InChI=1S/C20H24N2O2/c1-15(2)21-11-13-22(14-12-21)18-7-3-16(4-8-18)20(24)17-5-9-19(23)10-6-17/h3-10,15,23H,11-14H2,1-2H3. The third-order valence-electron chi connectivity index (χ3n) is 4.67. The summed E-state index contributed by atoms with van der Waals surface area (Å²) < 4.78 is 0. The molecule has 1 saturated heterocycles. The fraction of sp³-hybridized carbons (Fsp3) is 0.350. The van der Waals surface area contributed by atoms with E-state index in [4.69, 9.17) is 0 Å². The molecule has 2 aromatic carbocycles. The summed E-state index contributed by atoms with van der Waals surface area (Å²) >= 11 is 0. The SMILES string of the molecule is CC(C)N1CCN(c2ccc(C(=O)c3ccc(O)cc3)cc2)CC1. The van der Waals surface area contributed by atoms with E-state index in [1.165, 1.54) is 17.8 Å². The molecule has 1 aliphatic rings. The first-order valence-electron chi connectivity index (χ1n) is 8.47. The highest BCUT2D eigenvalue weighted by atomic mass is 16.3. The second-order valence-corrected chi connectivity index (χ2v) is 6.54. The van der Waals surface area contributed by atoms with Crippen LogP contribution in [0.25, 0.3) is 0 Å². The molecule has 0 saturated carbocycles. The van der Waals surface area contributed by atoms with Crippen LogP contribution in [0.15, 0.2) is 48.5 Å². The topological polar surface area (TPSA) is 43.8 Å². The van der Waals surface area contributed by atoms with Gasteiger partial charge >= 0.3 is 0 Å². The maximum Gasteiger partial charge on any atom is 0.193 e. The van der Waals surface area contributed by atoms with Gasteiger partial charge in [-0.1, -0.05) is 0 Å². The number of phenols is 1. The van der Waals surface area contributed by atoms with Gasteiger partial charge in [-0.25, -0.2) is 0 Å². The predicted octanol–water partition coefficient (Wildman–Crippen LogP) is 3.15. The van der Waals surface area contributed by atoms with Crippen molar-refractivity contribution in [2.24, 2.45) is 0 Å². The highest BCUT2D eigenvalue weighted by Crippen LogP contribution is 2.20. The van der Waals surface area contributed by atoms with E-state index in [1.54, 1.807) is 12.1 Å². The predicted molar refractivity (Wildman–Crippen MR) is 96.9 cm³/mol. The first-order valence-corrected chi connectivity index (χ1v) is 8.47. The van der Waals surface area contributed by atoms with Crippen molar-refractivity contribution < 1.29 is 9.90 Å². The molecule has 1 fully saturated rings. The number of benzene rings is 2. The lowest BCUT2D eigenvalue weighted by Gasteiger charge is -2.38. The van der Waals surface area contributed by atoms with Gasteiger partial charge in [0.15, 0.2) is 5.78 Å². The summed E-state index contributed by atoms with van der Waals surface area (Å²) in [5.41, 5.74) is 2.43. The zero-order chi connectivity index (χ0) is 17.1. The van der Waals surface area contributed by atoms with Gasteiger partial charge in [-0.15, -0.1) is 0 Å². The Morgan fingerprint density at radius 3 is 1.88 bits per heavy atom. The van der Waals surface area contributed by atoms with Crippen LogP contribution in [0, 0.1) is 0 Å². The zero-order valence-corrected chi connectivity index (χ0v) is 14.3. The molecule has 0 aromatic heterocycles. The molecule has 0 spiro atoms. The summed E-state index contributed by atoms with van der Waals surface area (Å²) in [5.74, 6) is 0.147. The largest absolute Gasteiger partial charge is 0.508 e. The fourth-order valence-electron chi connectivity index (χ4n) is 3.10. The van der Waals surface area contributed by atoms with Crippen LogP contribution in [0.2, 0.25) is 0 Å². The van der Waals surface area contributed by atoms with Crippen LogP contribution in [0.5, 0.6) is 5.75 Å². The van der Waals surface area contributed by atoms with E-state index in [-0.39, 0.29) is 11.5 Å². The molecule has 0 atom stereocenters. The summed E-state index contributed by atoms with van der Waals surface area (Å²) in [5, 5.41) is 9.32. The number of carbonyl (C=O) groups is 1. The average molecular weight is 324 g/mol. The summed E-state index contributed by atoms with van der Waals surface area (Å²) in [7, 11) is 0. The quantitative estimate of drug-likeness (QED) is 0.878. The van der Waals surface area contributed by atoms with Gasteiger partial charge in [0.25, 0.3) is 0 Å². The summed E-state index contributed by atoms with van der Waals surface area (Å²) in [4.78, 5) is 17.3. The minimum atomic E-state index is -0.0221. The Kier molecular flexibility index (Phi) is 4.86. The molecule has 0 amide bonds. The van der Waals surface area contributed by atoms with Crippen LogP contribution in [-0.4, -0.2) is 48.0 Å². The number of hydrogen-bond donors (Lipinski definition) is 1. The van der Waals surface area contributed by atoms with Crippen molar-refractivity contribution in [1.29, 1.82) is 0 Å². The molecule has 126 valence electrons. The fourth-order valence-corrected chi connectivity index (χ4v) is 3.10. The maximum atomic E-state index is 12.5. The Balaban J connectivity index is 1.67. The molecule has 1 heterocycles. The van der Waals surface area contributed by atoms with Crippen LogP contribution in [0.1, 0.15) is 29.8 Å². The Morgan fingerprint density at radius 2 is 1.38 bits per heavy atom. The van der Waals surface area contributed by atoms with E-state index in [0.717, 1.165) is 26.2 Å². The van der Waals surface area contributed by atoms with E-state index in [2.05, 4.69) is 23.6 Å². The van der Waals surface area contributed by atoms with E-state index in [1.807, 2.05) is 24.3 Å². The minimum Gasteiger partial charge on any atom is -0.508 e. The molecule has 24 heavy (non-hydrogen) atoms. The normalized spacial score (nSPS) is 15.7. The van der Waals surface area contributed by atoms with Crippen molar-refractivity contribution >= 4 is 11.5 Å². The summed E-state index contributed by atoms with van der Waals surface area (Å²) in [6.45, 7) is 8.66. The number of nitrogens with zero attached hydrogens (tertiary/aromatic N) is 2. The number of ketones is 1. The molecule has 3 rings (SSSR count). The lowest BCUT2D eigenvalue weighted by Crippen LogP contribution is -2.48. The lowest BCUT2D eigenvalue weighted by molar-refractivity contribution is 0.103. The van der Waals surface area contributed by atoms with Crippen LogP contribution in [0.3, 0.4) is 0 Å². The molecule has 0 aliphatic carbocycles. The van der Waals surface area contributed by atoms with E-state index in [0.29, 0.717) is 17.2 Å². The van der Waals surface area contributed by atoms with Crippen molar-refractivity contribution in [2.75, 3.05) is 31.1 Å². The van der Waals surface area contributed by atoms with Crippen LogP contribution < -0.4 is 4.90 Å². The van der Waals surface area contributed by atoms with E-state index in [9.17, 15) is 9.90 Å². The first-order chi connectivity index (χ1) is 11.5. The van der Waals surface area contributed by atoms with Crippen molar-refractivity contribution in [3.8, 4) is 5.75 Å². The van der Waals surface area contributed by atoms with Crippen LogP contribution >= 0.6 is 0 Å². The van der Waals surface area contributed by atoms with Crippen LogP contribution in [-0.2, 0) is 0 Å². The Bertz CT molecular complexity index is 685. The Labute approximate surface area is 143 Å². The first kappa shape index (κ1) is 16.5. The van der Waals surface area contributed by atoms with Crippen molar-refractivity contribution in [3.05, 3.63) is 59.7 Å². The number of piperazine rings is 1. The molecule has 0 radical (unpaired) electrons. The van der Waals surface area contributed by atoms with Gasteiger partial charge in [0.05, 0.1) is 0 Å². The molecule has 0 bridgehead atoms. The van der Waals surface area contributed by atoms with Gasteiger partial charge in [-0.2, -0.15) is 0 Å². The minimum absolute atomic E-state index is 0.0221.